The molecule has 4 atom stereocenters. The van der Waals surface area contributed by atoms with Crippen LogP contribution in [0.4, 0.5) is 11.5 Å². The number of carbonyl (C=O) groups is 2. The van der Waals surface area contributed by atoms with Crippen molar-refractivity contribution in [2.45, 2.75) is 77.7 Å². The Bertz CT molecular complexity index is 1620. The number of benzene rings is 1. The largest absolute Gasteiger partial charge is 0.463 e. The van der Waals surface area contributed by atoms with Crippen molar-refractivity contribution in [2.75, 3.05) is 31.6 Å². The van der Waals surface area contributed by atoms with E-state index < -0.39 is 17.6 Å². The lowest BCUT2D eigenvalue weighted by atomic mass is 9.87. The number of esters is 1. The van der Waals surface area contributed by atoms with Gasteiger partial charge in [-0.15, -0.1) is 0 Å². The summed E-state index contributed by atoms with van der Waals surface area (Å²) in [5, 5.41) is 18.2. The van der Waals surface area contributed by atoms with Crippen LogP contribution < -0.4 is 10.9 Å². The van der Waals surface area contributed by atoms with Crippen molar-refractivity contribution in [2.24, 2.45) is 5.92 Å². The molecule has 0 saturated carbocycles. The zero-order chi connectivity index (χ0) is 31.6. The van der Waals surface area contributed by atoms with Crippen LogP contribution in [0.3, 0.4) is 0 Å². The van der Waals surface area contributed by atoms with Gasteiger partial charge in [-0.1, -0.05) is 13.8 Å². The maximum Gasteiger partial charge on any atom is 0.335 e. The number of anilines is 2. The predicted octanol–water partition coefficient (Wildman–Crippen LogP) is 4.01. The molecule has 0 spiro atoms. The van der Waals surface area contributed by atoms with Gasteiger partial charge in [-0.3, -0.25) is 14.3 Å². The van der Waals surface area contributed by atoms with Crippen molar-refractivity contribution >= 4 is 34.3 Å². The molecule has 2 aromatic heterocycles. The van der Waals surface area contributed by atoms with Gasteiger partial charge in [0.15, 0.2) is 11.9 Å². The summed E-state index contributed by atoms with van der Waals surface area (Å²) in [7, 11) is 0. The highest BCUT2D eigenvalue weighted by Crippen LogP contribution is 2.37. The Morgan fingerprint density at radius 3 is 2.64 bits per heavy atom. The maximum absolute atomic E-state index is 13.3. The van der Waals surface area contributed by atoms with Crippen molar-refractivity contribution in [3.63, 3.8) is 0 Å². The van der Waals surface area contributed by atoms with E-state index in [0.717, 1.165) is 5.56 Å². The highest BCUT2D eigenvalue weighted by molar-refractivity contribution is 5.97. The number of nitrogens with zero attached hydrogens (tertiary/aromatic N) is 4. The van der Waals surface area contributed by atoms with Crippen molar-refractivity contribution in [1.29, 1.82) is 5.26 Å². The second-order valence-electron chi connectivity index (χ2n) is 12.4. The van der Waals surface area contributed by atoms with E-state index in [1.54, 1.807) is 29.1 Å². The molecule has 5 rings (SSSR count). The van der Waals surface area contributed by atoms with E-state index in [9.17, 15) is 19.6 Å². The molecule has 2 unspecified atom stereocenters. The summed E-state index contributed by atoms with van der Waals surface area (Å²) in [6.45, 7) is 11.1. The fraction of sp³-hybridized carbons (Fsp3) is 0.531. The molecule has 3 aromatic rings. The van der Waals surface area contributed by atoms with Crippen LogP contribution in [0.5, 0.6) is 0 Å². The van der Waals surface area contributed by atoms with E-state index in [1.807, 2.05) is 45.6 Å². The van der Waals surface area contributed by atoms with Crippen LogP contribution in [0.25, 0.3) is 10.9 Å². The van der Waals surface area contributed by atoms with E-state index in [1.165, 1.54) is 0 Å². The highest BCUT2D eigenvalue weighted by Gasteiger charge is 2.42. The Morgan fingerprint density at radius 2 is 2.00 bits per heavy atom. The first-order valence-electron chi connectivity index (χ1n) is 15.1. The number of fused-ring (bicyclic) bond motifs is 1. The average Bonchev–Trinajstić information content (AvgIpc) is 3.35. The van der Waals surface area contributed by atoms with Gasteiger partial charge in [0.25, 0.3) is 11.5 Å². The molecule has 44 heavy (non-hydrogen) atoms. The monoisotopic (exact) mass is 604 g/mol. The van der Waals surface area contributed by atoms with Crippen LogP contribution >= 0.6 is 0 Å². The van der Waals surface area contributed by atoms with Gasteiger partial charge in [-0.2, -0.15) is 10.4 Å². The van der Waals surface area contributed by atoms with Crippen molar-refractivity contribution in [3.05, 3.63) is 51.9 Å². The van der Waals surface area contributed by atoms with Gasteiger partial charge >= 0.3 is 5.97 Å². The Balaban J connectivity index is 1.42. The van der Waals surface area contributed by atoms with E-state index in [0.29, 0.717) is 60.5 Å². The summed E-state index contributed by atoms with van der Waals surface area (Å²) >= 11 is 0. The zero-order valence-corrected chi connectivity index (χ0v) is 25.9. The molecule has 2 aliphatic rings. The highest BCUT2D eigenvalue weighted by atomic mass is 16.6. The molecule has 2 saturated heterocycles. The first-order chi connectivity index (χ1) is 21.0. The quantitative estimate of drug-likeness (QED) is 0.363. The first-order valence-corrected chi connectivity index (χ1v) is 15.1. The number of aromatic nitrogens is 3. The minimum absolute atomic E-state index is 0.0334. The van der Waals surface area contributed by atoms with Crippen LogP contribution in [0.15, 0.2) is 35.3 Å². The Labute approximate surface area is 256 Å². The summed E-state index contributed by atoms with van der Waals surface area (Å²) < 4.78 is 18.8. The number of H-pyrrole nitrogens is 1. The van der Waals surface area contributed by atoms with Crippen molar-refractivity contribution in [1.82, 2.24) is 19.7 Å². The van der Waals surface area contributed by atoms with Crippen molar-refractivity contribution in [3.8, 4) is 6.07 Å². The number of hydrogen-bond donors (Lipinski definition) is 2. The van der Waals surface area contributed by atoms with Gasteiger partial charge in [0.2, 0.25) is 0 Å². The van der Waals surface area contributed by atoms with Crippen molar-refractivity contribution < 1.29 is 23.8 Å². The summed E-state index contributed by atoms with van der Waals surface area (Å²) in [4.78, 5) is 43.5. The molecule has 0 bridgehead atoms. The van der Waals surface area contributed by atoms with Gasteiger partial charge in [-0.05, 0) is 69.4 Å². The number of ether oxygens (including phenoxy) is 3. The van der Waals surface area contributed by atoms with E-state index >= 15 is 0 Å². The zero-order valence-electron chi connectivity index (χ0n) is 25.9. The minimum Gasteiger partial charge on any atom is -0.463 e. The number of nitrogens with one attached hydrogen (secondary N) is 2. The first kappa shape index (κ1) is 31.2. The van der Waals surface area contributed by atoms with E-state index in [-0.39, 0.29) is 42.6 Å². The SMILES string of the molecule is Cc1cc(Nc2nn([C@]3(CC#N)CC[C@@H](C(=O)OCC(C)C)OC3)c3cc[nH]c(=O)c23)ccc1C(=O)N1CC(C)OC(C)C1. The lowest BCUT2D eigenvalue weighted by Gasteiger charge is -2.38. The summed E-state index contributed by atoms with van der Waals surface area (Å²) in [5.74, 6) is 0.0529. The molecule has 1 aromatic carbocycles. The third kappa shape index (κ3) is 6.34. The summed E-state index contributed by atoms with van der Waals surface area (Å²) in [5.41, 5.74) is 1.33. The molecule has 1 amide bonds. The number of hydrogen-bond acceptors (Lipinski definition) is 9. The summed E-state index contributed by atoms with van der Waals surface area (Å²) in [6, 6.07) is 9.41. The number of rotatable bonds is 8. The number of carbonyl (C=O) groups excluding carboxylic acids is 2. The van der Waals surface area contributed by atoms with Gasteiger partial charge in [0, 0.05) is 30.5 Å². The normalized spacial score (nSPS) is 23.8. The molecule has 12 nitrogen and oxygen atoms in total. The fourth-order valence-electron chi connectivity index (χ4n) is 6.03. The van der Waals surface area contributed by atoms with E-state index in [4.69, 9.17) is 19.3 Å². The van der Waals surface area contributed by atoms with Gasteiger partial charge < -0.3 is 29.4 Å². The third-order valence-corrected chi connectivity index (χ3v) is 8.13. The van der Waals surface area contributed by atoms with Gasteiger partial charge in [0.05, 0.1) is 49.0 Å². The van der Waals surface area contributed by atoms with Gasteiger partial charge in [0.1, 0.15) is 5.39 Å². The maximum atomic E-state index is 13.3. The standard InChI is InChI=1S/C32H40N6O6/c1-19(2)17-42-31(41)26-8-10-32(11-12-33,18-43-26)38-25-9-13-34-29(39)27(25)28(36-38)35-23-6-7-24(20(3)14-23)30(40)37-15-21(4)44-22(5)16-37/h6-7,9,13-14,19,21-22,26H,8,10-11,15-18H2,1-5H3,(H,34,39)(H,35,36)/t21?,22?,26-,32-/m0/s1. The molecule has 12 heteroatoms. The number of pyridine rings is 1. The molecular formula is C32H40N6O6. The number of aryl methyl sites for hydroxylation is 1. The molecular weight excluding hydrogens is 564 g/mol. The Morgan fingerprint density at radius 1 is 1.25 bits per heavy atom. The number of aromatic amines is 1. The van der Waals surface area contributed by atoms with Crippen LogP contribution in [-0.2, 0) is 24.5 Å². The van der Waals surface area contributed by atoms with Crippen LogP contribution in [0.2, 0.25) is 0 Å². The van der Waals surface area contributed by atoms with Gasteiger partial charge in [-0.25, -0.2) is 4.79 Å². The molecule has 2 N–H and O–H groups in total. The molecule has 2 fully saturated rings. The second-order valence-corrected chi connectivity index (χ2v) is 12.4. The van der Waals surface area contributed by atoms with E-state index in [2.05, 4.69) is 16.4 Å². The number of morpholine rings is 1. The third-order valence-electron chi connectivity index (χ3n) is 8.13. The summed E-state index contributed by atoms with van der Waals surface area (Å²) in [6.07, 6.45) is 1.60. The predicted molar refractivity (Wildman–Crippen MR) is 164 cm³/mol. The average molecular weight is 605 g/mol. The molecule has 0 radical (unpaired) electrons. The minimum atomic E-state index is -0.895. The topological polar surface area (TPSA) is 152 Å². The lowest BCUT2D eigenvalue weighted by molar-refractivity contribution is -0.166. The van der Waals surface area contributed by atoms with Crippen LogP contribution in [0.1, 0.15) is 62.9 Å². The smallest absolute Gasteiger partial charge is 0.335 e. The Hall–Kier alpha value is -4.21. The molecule has 0 aliphatic carbocycles. The lowest BCUT2D eigenvalue weighted by Crippen LogP contribution is -2.48. The second kappa shape index (κ2) is 12.8. The fourth-order valence-corrected chi connectivity index (χ4v) is 6.03. The Kier molecular flexibility index (Phi) is 9.08. The van der Waals surface area contributed by atoms with Crippen LogP contribution in [0, 0.1) is 24.2 Å². The molecule has 4 heterocycles. The number of amides is 1. The van der Waals surface area contributed by atoms with Crippen LogP contribution in [-0.4, -0.2) is 76.2 Å². The molecule has 2 aliphatic heterocycles. The number of nitriles is 1. The molecule has 234 valence electrons.